The van der Waals surface area contributed by atoms with Crippen LogP contribution in [0.25, 0.3) is 6.08 Å². The normalized spacial score (nSPS) is 12.5. The summed E-state index contributed by atoms with van der Waals surface area (Å²) in [4.78, 5) is 8.75. The van der Waals surface area contributed by atoms with Crippen LogP contribution in [0, 0.1) is 0 Å². The number of H-pyrrole nitrogens is 1. The van der Waals surface area contributed by atoms with Crippen molar-refractivity contribution in [2.75, 3.05) is 14.2 Å². The summed E-state index contributed by atoms with van der Waals surface area (Å²) < 4.78 is 4.25. The molecule has 152 valence electrons. The van der Waals surface area contributed by atoms with Gasteiger partial charge in [-0.2, -0.15) is 5.10 Å². The Balaban J connectivity index is 0.000000941. The van der Waals surface area contributed by atoms with Gasteiger partial charge in [0.15, 0.2) is 5.82 Å². The second kappa shape index (κ2) is 11.5. The number of nitrogens with two attached hydrogens (primary N) is 1. The van der Waals surface area contributed by atoms with Gasteiger partial charge in [0, 0.05) is 20.6 Å². The van der Waals surface area contributed by atoms with Crippen molar-refractivity contribution in [1.82, 2.24) is 15.2 Å². The van der Waals surface area contributed by atoms with Crippen LogP contribution in [0.15, 0.2) is 65.7 Å². The van der Waals surface area contributed by atoms with Gasteiger partial charge in [-0.1, -0.05) is 42.5 Å². The number of amidine groups is 1. The van der Waals surface area contributed by atoms with Crippen LogP contribution in [-0.4, -0.2) is 40.3 Å². The van der Waals surface area contributed by atoms with E-state index in [2.05, 4.69) is 24.9 Å². The molecule has 1 aromatic heterocycles. The molecule has 0 radical (unpaired) electrons. The van der Waals surface area contributed by atoms with E-state index >= 15 is 0 Å². The van der Waals surface area contributed by atoms with Crippen LogP contribution in [0.2, 0.25) is 0 Å². The highest BCUT2D eigenvalue weighted by atomic mass is 16.4. The van der Waals surface area contributed by atoms with Gasteiger partial charge in [0.1, 0.15) is 11.7 Å². The van der Waals surface area contributed by atoms with Gasteiger partial charge in [0.25, 0.3) is 0 Å². The Kier molecular flexibility index (Phi) is 8.75. The number of hydrogen-bond acceptors (Lipinski definition) is 5. The lowest BCUT2D eigenvalue weighted by molar-refractivity contribution is 0.199. The van der Waals surface area contributed by atoms with Crippen LogP contribution < -0.4 is 5.73 Å². The maximum absolute atomic E-state index is 9.63. The number of aromatic nitrogens is 3. The second-order valence-electron chi connectivity index (χ2n) is 6.35. The minimum absolute atomic E-state index is 0.335. The molecule has 7 heteroatoms. The zero-order valence-electron chi connectivity index (χ0n) is 16.9. The number of nitrogens with zero attached hydrogens (tertiary/aromatic N) is 3. The third kappa shape index (κ3) is 7.69. The zero-order chi connectivity index (χ0) is 21.1. The molecule has 0 amide bonds. The summed E-state index contributed by atoms with van der Waals surface area (Å²) in [6.45, 7) is 1.71. The van der Waals surface area contributed by atoms with Crippen molar-refractivity contribution in [3.05, 3.63) is 83.4 Å². The average Bonchev–Trinajstić information content (AvgIpc) is 3.15. The molecule has 0 bridgehead atoms. The molecule has 3 rings (SSSR count). The molecule has 0 aliphatic carbocycles. The largest absolute Gasteiger partial charge is 0.389 e. The lowest BCUT2D eigenvalue weighted by Gasteiger charge is -2.04. The summed E-state index contributed by atoms with van der Waals surface area (Å²) in [5, 5.41) is 16.7. The Morgan fingerprint density at radius 1 is 1.21 bits per heavy atom. The molecular weight excluding hydrogens is 366 g/mol. The maximum Gasteiger partial charge on any atom is 0.174 e. The van der Waals surface area contributed by atoms with Crippen molar-refractivity contribution in [1.29, 1.82) is 0 Å². The highest BCUT2D eigenvalue weighted by molar-refractivity contribution is 5.96. The topological polar surface area (TPSA) is 109 Å². The van der Waals surface area contributed by atoms with Crippen molar-refractivity contribution >= 4 is 17.6 Å². The first-order valence-corrected chi connectivity index (χ1v) is 9.17. The third-order valence-corrected chi connectivity index (χ3v) is 3.78. The molecule has 29 heavy (non-hydrogen) atoms. The second-order valence-corrected chi connectivity index (χ2v) is 6.35. The van der Waals surface area contributed by atoms with Crippen molar-refractivity contribution in [3.8, 4) is 0 Å². The van der Waals surface area contributed by atoms with Gasteiger partial charge in [-0.05, 0) is 42.3 Å². The molecular formula is C22H27N5O2. The van der Waals surface area contributed by atoms with E-state index in [1.807, 2.05) is 48.5 Å². The first-order chi connectivity index (χ1) is 14.0. The highest BCUT2D eigenvalue weighted by Crippen LogP contribution is 2.19. The average molecular weight is 393 g/mol. The minimum Gasteiger partial charge on any atom is -0.389 e. The Morgan fingerprint density at radius 2 is 1.93 bits per heavy atom. The van der Waals surface area contributed by atoms with Crippen LogP contribution in [0.4, 0.5) is 5.69 Å². The smallest absolute Gasteiger partial charge is 0.174 e. The Morgan fingerprint density at radius 3 is 2.62 bits per heavy atom. The van der Waals surface area contributed by atoms with E-state index in [0.717, 1.165) is 11.4 Å². The minimum atomic E-state index is -0.543. The number of aliphatic hydroxyl groups excluding tert-OH is 1. The Bertz CT molecular complexity index is 933. The summed E-state index contributed by atoms with van der Waals surface area (Å²) >= 11 is 0. The van der Waals surface area contributed by atoms with Gasteiger partial charge in [-0.25, -0.2) is 9.98 Å². The van der Waals surface area contributed by atoms with Crippen molar-refractivity contribution < 1.29 is 9.84 Å². The van der Waals surface area contributed by atoms with Gasteiger partial charge in [0.05, 0.1) is 11.8 Å². The zero-order valence-corrected chi connectivity index (χ0v) is 16.9. The van der Waals surface area contributed by atoms with Crippen LogP contribution in [0.5, 0.6) is 0 Å². The van der Waals surface area contributed by atoms with Crippen LogP contribution >= 0.6 is 0 Å². The molecule has 3 aromatic rings. The van der Waals surface area contributed by atoms with Gasteiger partial charge < -0.3 is 15.6 Å². The third-order valence-electron chi connectivity index (χ3n) is 3.78. The van der Waals surface area contributed by atoms with Gasteiger partial charge in [0.2, 0.25) is 0 Å². The first-order valence-electron chi connectivity index (χ1n) is 9.17. The molecule has 0 aliphatic heterocycles. The lowest BCUT2D eigenvalue weighted by Crippen LogP contribution is -2.06. The van der Waals surface area contributed by atoms with E-state index in [4.69, 9.17) is 5.73 Å². The molecule has 7 nitrogen and oxygen atoms in total. The van der Waals surface area contributed by atoms with Crippen molar-refractivity contribution in [2.24, 2.45) is 10.7 Å². The Hall–Kier alpha value is -3.29. The fourth-order valence-electron chi connectivity index (χ4n) is 2.45. The maximum atomic E-state index is 9.63. The number of aromatic amines is 1. The van der Waals surface area contributed by atoms with E-state index in [-0.39, 0.29) is 0 Å². The number of methoxy groups -OCH3 is 1. The quantitative estimate of drug-likeness (QED) is 0.439. The molecule has 0 fully saturated rings. The number of aliphatic imine (C=N–C) groups is 1. The van der Waals surface area contributed by atoms with Crippen molar-refractivity contribution in [3.63, 3.8) is 0 Å². The number of hydrogen-bond donors (Lipinski definition) is 3. The molecule has 1 heterocycles. The predicted molar refractivity (Wildman–Crippen MR) is 116 cm³/mol. The summed E-state index contributed by atoms with van der Waals surface area (Å²) in [5.74, 6) is 1.67. The number of ether oxygens (including phenoxy) is 1. The van der Waals surface area contributed by atoms with Crippen LogP contribution in [0.3, 0.4) is 0 Å². The predicted octanol–water partition coefficient (Wildman–Crippen LogP) is 3.41. The van der Waals surface area contributed by atoms with E-state index in [1.165, 1.54) is 5.56 Å². The summed E-state index contributed by atoms with van der Waals surface area (Å²) in [6, 6.07) is 17.4. The molecule has 1 atom stereocenters. The fraction of sp³-hybridized carbons (Fsp3) is 0.227. The standard InChI is InChI=1S/C20H21N5O.C2H6O/c1-14(26)16-8-5-9-17(13-16)22-18(21)10-11-19-23-20(25-24-19)12-15-6-3-2-4-7-15;1-3-2/h2-11,13-14,26H,12H2,1H3,(H2,21,22)(H,23,24,25);1-2H3/b11-10-;. The monoisotopic (exact) mass is 393 g/mol. The number of nitrogens with one attached hydrogen (secondary N) is 1. The van der Waals surface area contributed by atoms with Gasteiger partial charge in [-0.15, -0.1) is 0 Å². The Labute approximate surface area is 171 Å². The van der Waals surface area contributed by atoms with E-state index in [9.17, 15) is 5.11 Å². The van der Waals surface area contributed by atoms with Gasteiger partial charge >= 0.3 is 0 Å². The van der Waals surface area contributed by atoms with Crippen molar-refractivity contribution in [2.45, 2.75) is 19.4 Å². The van der Waals surface area contributed by atoms with Crippen LogP contribution in [-0.2, 0) is 11.2 Å². The molecule has 0 saturated carbocycles. The molecule has 0 saturated heterocycles. The number of benzene rings is 2. The van der Waals surface area contributed by atoms with E-state index < -0.39 is 6.10 Å². The summed E-state index contributed by atoms with van der Waals surface area (Å²) in [6.07, 6.45) is 3.52. The molecule has 2 aromatic carbocycles. The number of aliphatic hydroxyl groups is 1. The van der Waals surface area contributed by atoms with Crippen LogP contribution in [0.1, 0.15) is 35.8 Å². The molecule has 4 N–H and O–H groups in total. The lowest BCUT2D eigenvalue weighted by atomic mass is 10.1. The SMILES string of the molecule is CC(O)c1cccc(N=C(N)/C=C\c2n[nH]c(Cc3ccccc3)n2)c1.COC. The highest BCUT2D eigenvalue weighted by Gasteiger charge is 2.03. The summed E-state index contributed by atoms with van der Waals surface area (Å²) in [5.41, 5.74) is 8.59. The molecule has 0 spiro atoms. The van der Waals surface area contributed by atoms with Gasteiger partial charge in [-0.3, -0.25) is 5.10 Å². The number of rotatable bonds is 6. The van der Waals surface area contributed by atoms with E-state index in [1.54, 1.807) is 39.4 Å². The molecule has 0 aliphatic rings. The molecule has 1 unspecified atom stereocenters. The summed E-state index contributed by atoms with van der Waals surface area (Å²) in [7, 11) is 3.25. The fourth-order valence-corrected chi connectivity index (χ4v) is 2.45. The van der Waals surface area contributed by atoms with E-state index in [0.29, 0.717) is 23.8 Å². The first kappa shape index (κ1) is 22.0.